The molecule has 0 aliphatic rings. The Kier molecular flexibility index (Phi) is 11.9. The first-order valence-electron chi connectivity index (χ1n) is 11.0. The highest BCUT2D eigenvalue weighted by atomic mass is 15.3. The molecule has 0 unspecified atom stereocenters. The van der Waals surface area contributed by atoms with Crippen LogP contribution < -0.4 is 4.48 Å². The molecule has 0 aliphatic carbocycles. The first-order chi connectivity index (χ1) is 12.1. The van der Waals surface area contributed by atoms with Gasteiger partial charge in [0, 0.05) is 0 Å². The van der Waals surface area contributed by atoms with Crippen molar-refractivity contribution >= 4 is 5.69 Å². The average Bonchev–Trinajstić information content (AvgIpc) is 2.61. The lowest BCUT2D eigenvalue weighted by molar-refractivity contribution is 0.310. The van der Waals surface area contributed by atoms with E-state index in [1.807, 2.05) is 0 Å². The summed E-state index contributed by atoms with van der Waals surface area (Å²) >= 11 is 0. The highest BCUT2D eigenvalue weighted by Crippen LogP contribution is 2.24. The van der Waals surface area contributed by atoms with Crippen molar-refractivity contribution in [3.05, 3.63) is 29.8 Å². The van der Waals surface area contributed by atoms with Gasteiger partial charge in [0.05, 0.1) is 20.1 Å². The molecule has 0 amide bonds. The van der Waals surface area contributed by atoms with E-state index >= 15 is 0 Å². The summed E-state index contributed by atoms with van der Waals surface area (Å²) in [7, 11) is 2.46. The zero-order valence-electron chi connectivity index (χ0n) is 17.7. The van der Waals surface area contributed by atoms with Crippen LogP contribution in [-0.2, 0) is 0 Å². The van der Waals surface area contributed by atoms with E-state index in [4.69, 9.17) is 0 Å². The first-order valence-corrected chi connectivity index (χ1v) is 11.0. The molecule has 1 nitrogen and oxygen atoms in total. The topological polar surface area (TPSA) is 0 Å². The maximum absolute atomic E-state index is 2.46. The molecule has 0 spiro atoms. The molecule has 0 fully saturated rings. The van der Waals surface area contributed by atoms with Crippen LogP contribution >= 0.6 is 0 Å². The lowest BCUT2D eigenvalue weighted by Gasteiger charge is -2.34. The van der Waals surface area contributed by atoms with Crippen LogP contribution in [0.5, 0.6) is 0 Å². The molecular formula is C24H44N+. The Morgan fingerprint density at radius 1 is 0.600 bits per heavy atom. The zero-order chi connectivity index (χ0) is 18.4. The minimum atomic E-state index is 1.13. The maximum Gasteiger partial charge on any atom is 0.132 e. The summed E-state index contributed by atoms with van der Waals surface area (Å²) < 4.78 is 1.13. The van der Waals surface area contributed by atoms with Crippen molar-refractivity contribution in [3.8, 4) is 0 Å². The van der Waals surface area contributed by atoms with E-state index in [0.29, 0.717) is 0 Å². The van der Waals surface area contributed by atoms with Gasteiger partial charge in [0.1, 0.15) is 5.69 Å². The Morgan fingerprint density at radius 3 is 1.44 bits per heavy atom. The fraction of sp³-hybridized carbons (Fsp3) is 0.750. The van der Waals surface area contributed by atoms with E-state index in [1.54, 1.807) is 0 Å². The Bertz CT molecular complexity index is 404. The predicted molar refractivity (Wildman–Crippen MR) is 115 cm³/mol. The fourth-order valence-electron chi connectivity index (χ4n) is 3.76. The van der Waals surface area contributed by atoms with E-state index in [-0.39, 0.29) is 0 Å². The molecule has 0 saturated heterocycles. The van der Waals surface area contributed by atoms with Crippen molar-refractivity contribution in [2.24, 2.45) is 0 Å². The predicted octanol–water partition coefficient (Wildman–Crippen LogP) is 7.65. The fourth-order valence-corrected chi connectivity index (χ4v) is 3.76. The Morgan fingerprint density at radius 2 is 1.00 bits per heavy atom. The van der Waals surface area contributed by atoms with Crippen LogP contribution in [0.4, 0.5) is 5.69 Å². The molecule has 0 atom stereocenters. The van der Waals surface area contributed by atoms with E-state index in [2.05, 4.69) is 52.1 Å². The number of quaternary nitrogens is 1. The van der Waals surface area contributed by atoms with Crippen molar-refractivity contribution in [1.29, 1.82) is 0 Å². The first kappa shape index (κ1) is 22.2. The molecule has 0 bridgehead atoms. The van der Waals surface area contributed by atoms with Crippen LogP contribution in [-0.4, -0.2) is 20.1 Å². The number of hydrogen-bond donors (Lipinski definition) is 0. The Balaban J connectivity index is 2.49. The molecule has 1 aromatic rings. The molecule has 0 aliphatic heterocycles. The van der Waals surface area contributed by atoms with Crippen LogP contribution in [0.2, 0.25) is 0 Å². The summed E-state index contributed by atoms with van der Waals surface area (Å²) in [5, 5.41) is 0. The third-order valence-electron chi connectivity index (χ3n) is 5.67. The normalized spacial score (nSPS) is 11.8. The summed E-state index contributed by atoms with van der Waals surface area (Å²) in [6.45, 7) is 9.38. The highest BCUT2D eigenvalue weighted by molar-refractivity contribution is 5.43. The molecule has 25 heavy (non-hydrogen) atoms. The Hall–Kier alpha value is -0.820. The van der Waals surface area contributed by atoms with E-state index in [9.17, 15) is 0 Å². The van der Waals surface area contributed by atoms with Gasteiger partial charge in [0.15, 0.2) is 0 Å². The van der Waals surface area contributed by atoms with Gasteiger partial charge in [-0.25, -0.2) is 0 Å². The lowest BCUT2D eigenvalue weighted by atomic mass is 10.1. The van der Waals surface area contributed by atoms with Crippen molar-refractivity contribution in [2.45, 2.75) is 97.8 Å². The number of rotatable bonds is 15. The second-order valence-electron chi connectivity index (χ2n) is 8.21. The van der Waals surface area contributed by atoms with Crippen molar-refractivity contribution in [2.75, 3.05) is 20.1 Å². The largest absolute Gasteiger partial charge is 0.294 e. The number of nitrogens with zero attached hydrogens (tertiary/aromatic N) is 1. The molecule has 0 aromatic heterocycles. The number of unbranched alkanes of at least 4 members (excludes halogenated alkanes) is 10. The van der Waals surface area contributed by atoms with Crippen molar-refractivity contribution in [1.82, 2.24) is 4.48 Å². The number of hydrogen-bond acceptors (Lipinski definition) is 0. The van der Waals surface area contributed by atoms with Crippen LogP contribution in [0.25, 0.3) is 0 Å². The van der Waals surface area contributed by atoms with Gasteiger partial charge in [0.2, 0.25) is 0 Å². The van der Waals surface area contributed by atoms with Gasteiger partial charge in [-0.2, -0.15) is 0 Å². The van der Waals surface area contributed by atoms with Crippen LogP contribution in [0.15, 0.2) is 24.3 Å². The lowest BCUT2D eigenvalue weighted by Crippen LogP contribution is -2.46. The smallest absolute Gasteiger partial charge is 0.132 e. The third-order valence-corrected chi connectivity index (χ3v) is 5.67. The monoisotopic (exact) mass is 346 g/mol. The van der Waals surface area contributed by atoms with E-state index in [0.717, 1.165) is 4.48 Å². The van der Waals surface area contributed by atoms with E-state index < -0.39 is 0 Å². The summed E-state index contributed by atoms with van der Waals surface area (Å²) in [6.07, 6.45) is 16.7. The minimum Gasteiger partial charge on any atom is -0.294 e. The number of aryl methyl sites for hydroxylation is 1. The molecule has 1 heteroatoms. The highest BCUT2D eigenvalue weighted by Gasteiger charge is 2.23. The van der Waals surface area contributed by atoms with Gasteiger partial charge in [-0.15, -0.1) is 0 Å². The van der Waals surface area contributed by atoms with Crippen LogP contribution in [0, 0.1) is 6.92 Å². The SMILES string of the molecule is CCCCCCCC[N+](C)(CCCCCCCC)c1ccc(C)cc1. The van der Waals surface area contributed by atoms with Gasteiger partial charge >= 0.3 is 0 Å². The summed E-state index contributed by atoms with van der Waals surface area (Å²) in [5.74, 6) is 0. The molecule has 0 N–H and O–H groups in total. The summed E-state index contributed by atoms with van der Waals surface area (Å²) in [5.41, 5.74) is 2.88. The maximum atomic E-state index is 2.46. The van der Waals surface area contributed by atoms with Gasteiger partial charge in [0.25, 0.3) is 0 Å². The molecule has 0 heterocycles. The summed E-state index contributed by atoms with van der Waals surface area (Å²) in [4.78, 5) is 0. The third kappa shape index (κ3) is 9.45. The van der Waals surface area contributed by atoms with Crippen LogP contribution in [0.3, 0.4) is 0 Å². The van der Waals surface area contributed by atoms with E-state index in [1.165, 1.54) is 101 Å². The van der Waals surface area contributed by atoms with Gasteiger partial charge in [-0.1, -0.05) is 82.9 Å². The van der Waals surface area contributed by atoms with Crippen molar-refractivity contribution in [3.63, 3.8) is 0 Å². The van der Waals surface area contributed by atoms with Gasteiger partial charge < -0.3 is 0 Å². The molecule has 0 radical (unpaired) electrons. The van der Waals surface area contributed by atoms with Crippen LogP contribution in [0.1, 0.15) is 96.5 Å². The average molecular weight is 347 g/mol. The molecule has 1 aromatic carbocycles. The van der Waals surface area contributed by atoms with Gasteiger partial charge in [-0.3, -0.25) is 4.48 Å². The standard InChI is InChI=1S/C24H44N/c1-5-7-9-11-13-15-21-25(4,22-16-14-12-10-8-6-2)24-19-17-23(3)18-20-24/h17-20H,5-16,21-22H2,1-4H3/q+1. The second-order valence-corrected chi connectivity index (χ2v) is 8.21. The molecule has 1 rings (SSSR count). The minimum absolute atomic E-state index is 1.13. The quantitative estimate of drug-likeness (QED) is 0.226. The summed E-state index contributed by atoms with van der Waals surface area (Å²) in [6, 6.07) is 9.30. The van der Waals surface area contributed by atoms with Crippen molar-refractivity contribution < 1.29 is 0 Å². The zero-order valence-corrected chi connectivity index (χ0v) is 17.7. The Labute approximate surface area is 158 Å². The molecular weight excluding hydrogens is 302 g/mol. The second kappa shape index (κ2) is 13.4. The number of benzene rings is 1. The molecule has 0 saturated carbocycles. The van der Waals surface area contributed by atoms with Gasteiger partial charge in [-0.05, 0) is 44.7 Å². The molecule has 144 valence electrons.